The molecular weight excluding hydrogens is 274 g/mol. The number of aliphatic hydroxyl groups is 1. The summed E-state index contributed by atoms with van der Waals surface area (Å²) in [5.41, 5.74) is 5.71. The molecule has 0 radical (unpaired) electrons. The third-order valence-corrected chi connectivity index (χ3v) is 4.45. The van der Waals surface area contributed by atoms with Gasteiger partial charge in [0.25, 0.3) is 0 Å². The number of β-amino-alcohol motifs (C(OH)–C–C–N with tert-alkyl or cyclic N) is 1. The summed E-state index contributed by atoms with van der Waals surface area (Å²) in [6.07, 6.45) is 1.69. The Balaban J connectivity index is 2.37. The molecule has 1 atom stereocenters. The third-order valence-electron chi connectivity index (χ3n) is 3.30. The van der Waals surface area contributed by atoms with Crippen LogP contribution in [0.4, 0.5) is 10.7 Å². The van der Waals surface area contributed by atoms with Crippen molar-refractivity contribution in [2.45, 2.75) is 45.3 Å². The van der Waals surface area contributed by atoms with Gasteiger partial charge in [-0.2, -0.15) is 5.26 Å². The molecule has 2 rings (SSSR count). The van der Waals surface area contributed by atoms with Crippen LogP contribution in [0.3, 0.4) is 0 Å². The van der Waals surface area contributed by atoms with Crippen LogP contribution in [0, 0.1) is 11.3 Å². The van der Waals surface area contributed by atoms with Crippen LogP contribution in [0.25, 0.3) is 0 Å². The lowest BCUT2D eigenvalue weighted by Gasteiger charge is -2.37. The quantitative estimate of drug-likeness (QED) is 0.894. The van der Waals surface area contributed by atoms with Gasteiger partial charge >= 0.3 is 0 Å². The molecule has 0 bridgehead atoms. The predicted octanol–water partition coefficient (Wildman–Crippen LogP) is 2.34. The van der Waals surface area contributed by atoms with Gasteiger partial charge in [-0.1, -0.05) is 0 Å². The molecule has 3 N–H and O–H groups in total. The van der Waals surface area contributed by atoms with Crippen molar-refractivity contribution in [1.29, 1.82) is 5.26 Å². The Morgan fingerprint density at radius 3 is 2.80 bits per heavy atom. The second kappa shape index (κ2) is 5.51. The molecular formula is C14H21N3O2S. The summed E-state index contributed by atoms with van der Waals surface area (Å²) in [5.74, 6) is 0.583. The predicted molar refractivity (Wildman–Crippen MR) is 81.3 cm³/mol. The van der Waals surface area contributed by atoms with E-state index in [0.29, 0.717) is 22.9 Å². The Morgan fingerprint density at radius 1 is 1.55 bits per heavy atom. The maximum atomic E-state index is 10.2. The molecule has 1 aromatic rings. The fourth-order valence-corrected chi connectivity index (χ4v) is 3.43. The van der Waals surface area contributed by atoms with E-state index >= 15 is 0 Å². The lowest BCUT2D eigenvalue weighted by molar-refractivity contribution is 0.0449. The molecule has 1 aliphatic heterocycles. The van der Waals surface area contributed by atoms with E-state index in [1.54, 1.807) is 0 Å². The average Bonchev–Trinajstić information content (AvgIpc) is 2.65. The van der Waals surface area contributed by atoms with E-state index in [1.165, 1.54) is 11.3 Å². The minimum atomic E-state index is -0.709. The van der Waals surface area contributed by atoms with Gasteiger partial charge < -0.3 is 20.5 Å². The molecule has 20 heavy (non-hydrogen) atoms. The van der Waals surface area contributed by atoms with Crippen molar-refractivity contribution < 1.29 is 9.84 Å². The first-order chi connectivity index (χ1) is 9.34. The smallest absolute Gasteiger partial charge is 0.178 e. The minimum Gasteiger partial charge on any atom is -0.486 e. The largest absolute Gasteiger partial charge is 0.486 e. The number of ether oxygens (including phenoxy) is 1. The van der Waals surface area contributed by atoms with E-state index in [2.05, 4.69) is 11.0 Å². The molecule has 0 aliphatic carbocycles. The van der Waals surface area contributed by atoms with Gasteiger partial charge in [0, 0.05) is 13.1 Å². The van der Waals surface area contributed by atoms with Crippen molar-refractivity contribution in [2.75, 3.05) is 23.7 Å². The fraction of sp³-hybridized carbons (Fsp3) is 0.643. The van der Waals surface area contributed by atoms with E-state index in [4.69, 9.17) is 15.7 Å². The Bertz CT molecular complexity index is 531. The van der Waals surface area contributed by atoms with Crippen LogP contribution < -0.4 is 15.4 Å². The van der Waals surface area contributed by atoms with Crippen molar-refractivity contribution >= 4 is 22.0 Å². The second-order valence-corrected chi connectivity index (χ2v) is 6.78. The van der Waals surface area contributed by atoms with Crippen LogP contribution in [-0.4, -0.2) is 29.9 Å². The number of nitrogens with two attached hydrogens (primary N) is 1. The molecule has 5 nitrogen and oxygen atoms in total. The Hall–Kier alpha value is -1.45. The van der Waals surface area contributed by atoms with Crippen LogP contribution in [0.15, 0.2) is 0 Å². The normalized spacial score (nSPS) is 22.9. The minimum absolute atomic E-state index is 0.0116. The zero-order valence-corrected chi connectivity index (χ0v) is 13.0. The number of hydrogen-bond acceptors (Lipinski definition) is 6. The first kappa shape index (κ1) is 14.9. The molecule has 1 saturated heterocycles. The molecule has 1 aliphatic rings. The standard InChI is InChI=1S/C14H21N3O2S/c1-9(2)19-12-11(16)10(7-15)20-13(12)17-6-4-5-14(3,18)8-17/h9,18H,4-6,8,16H2,1-3H3. The number of rotatable bonds is 3. The number of piperidine rings is 1. The molecule has 6 heteroatoms. The fourth-order valence-electron chi connectivity index (χ4n) is 2.45. The summed E-state index contributed by atoms with van der Waals surface area (Å²) in [6.45, 7) is 7.07. The van der Waals surface area contributed by atoms with Gasteiger partial charge in [0.15, 0.2) is 5.75 Å². The number of anilines is 2. The first-order valence-electron chi connectivity index (χ1n) is 6.80. The lowest BCUT2D eigenvalue weighted by atomic mass is 9.95. The number of nitrogens with zero attached hydrogens (tertiary/aromatic N) is 2. The Morgan fingerprint density at radius 2 is 2.25 bits per heavy atom. The summed E-state index contributed by atoms with van der Waals surface area (Å²) >= 11 is 1.34. The van der Waals surface area contributed by atoms with Crippen LogP contribution in [0.5, 0.6) is 5.75 Å². The zero-order valence-electron chi connectivity index (χ0n) is 12.1. The summed E-state index contributed by atoms with van der Waals surface area (Å²) in [4.78, 5) is 2.55. The van der Waals surface area contributed by atoms with Gasteiger partial charge in [-0.05, 0) is 33.6 Å². The van der Waals surface area contributed by atoms with Crippen molar-refractivity contribution in [1.82, 2.24) is 0 Å². The maximum absolute atomic E-state index is 10.2. The third kappa shape index (κ3) is 3.00. The molecule has 1 unspecified atom stereocenters. The average molecular weight is 295 g/mol. The monoisotopic (exact) mass is 295 g/mol. The highest BCUT2D eigenvalue weighted by molar-refractivity contribution is 7.17. The van der Waals surface area contributed by atoms with Crippen LogP contribution >= 0.6 is 11.3 Å². The van der Waals surface area contributed by atoms with Gasteiger partial charge in [-0.15, -0.1) is 11.3 Å². The highest BCUT2D eigenvalue weighted by Crippen LogP contribution is 2.46. The highest BCUT2D eigenvalue weighted by atomic mass is 32.1. The first-order valence-corrected chi connectivity index (χ1v) is 7.62. The SMILES string of the molecule is CC(C)Oc1c(N2CCCC(C)(O)C2)sc(C#N)c1N. The topological polar surface area (TPSA) is 82.5 Å². The van der Waals surface area contributed by atoms with E-state index in [0.717, 1.165) is 24.4 Å². The van der Waals surface area contributed by atoms with Gasteiger partial charge in [-0.3, -0.25) is 0 Å². The highest BCUT2D eigenvalue weighted by Gasteiger charge is 2.32. The van der Waals surface area contributed by atoms with Crippen molar-refractivity contribution in [2.24, 2.45) is 0 Å². The maximum Gasteiger partial charge on any atom is 0.178 e. The van der Waals surface area contributed by atoms with Gasteiger partial charge in [0.05, 0.1) is 11.7 Å². The zero-order chi connectivity index (χ0) is 14.9. The van der Waals surface area contributed by atoms with Gasteiger partial charge in [0.1, 0.15) is 21.6 Å². The summed E-state index contributed by atoms with van der Waals surface area (Å²) in [6, 6.07) is 2.11. The number of nitriles is 1. The van der Waals surface area contributed by atoms with E-state index in [1.807, 2.05) is 20.8 Å². The van der Waals surface area contributed by atoms with Crippen LogP contribution in [0.1, 0.15) is 38.5 Å². The number of nitrogen functional groups attached to an aromatic ring is 1. The van der Waals surface area contributed by atoms with Crippen LogP contribution in [0.2, 0.25) is 0 Å². The summed E-state index contributed by atoms with van der Waals surface area (Å²) in [5, 5.41) is 20.2. The summed E-state index contributed by atoms with van der Waals surface area (Å²) in [7, 11) is 0. The van der Waals surface area contributed by atoms with E-state index in [-0.39, 0.29) is 6.10 Å². The van der Waals surface area contributed by atoms with Crippen molar-refractivity contribution in [3.8, 4) is 11.8 Å². The van der Waals surface area contributed by atoms with Gasteiger partial charge in [0.2, 0.25) is 0 Å². The molecule has 2 heterocycles. The molecule has 110 valence electrons. The molecule has 0 spiro atoms. The second-order valence-electron chi connectivity index (χ2n) is 5.78. The Labute approximate surface area is 123 Å². The van der Waals surface area contributed by atoms with Crippen molar-refractivity contribution in [3.63, 3.8) is 0 Å². The van der Waals surface area contributed by atoms with E-state index in [9.17, 15) is 5.11 Å². The summed E-state index contributed by atoms with van der Waals surface area (Å²) < 4.78 is 5.79. The van der Waals surface area contributed by atoms with Crippen molar-refractivity contribution in [3.05, 3.63) is 4.88 Å². The number of hydrogen-bond donors (Lipinski definition) is 2. The van der Waals surface area contributed by atoms with E-state index < -0.39 is 5.60 Å². The molecule has 1 fully saturated rings. The van der Waals surface area contributed by atoms with Crippen LogP contribution in [-0.2, 0) is 0 Å². The molecule has 0 aromatic carbocycles. The van der Waals surface area contributed by atoms with Gasteiger partial charge in [-0.25, -0.2) is 0 Å². The molecule has 1 aromatic heterocycles. The number of thiophene rings is 1. The molecule has 0 saturated carbocycles. The Kier molecular flexibility index (Phi) is 4.11. The molecule has 0 amide bonds. The lowest BCUT2D eigenvalue weighted by Crippen LogP contribution is -2.46.